The predicted octanol–water partition coefficient (Wildman–Crippen LogP) is 2.27. The first-order chi connectivity index (χ1) is 8.63. The minimum Gasteiger partial charge on any atom is -0.321 e. The molecule has 0 atom stereocenters. The molecule has 0 radical (unpaired) electrons. The number of nitriles is 2. The second-order valence-corrected chi connectivity index (χ2v) is 3.93. The topological polar surface area (TPSA) is 80.4 Å². The molecule has 1 N–H and O–H groups in total. The summed E-state index contributed by atoms with van der Waals surface area (Å²) in [5, 5.41) is 18.2. The van der Waals surface area contributed by atoms with Crippen LogP contribution in [0, 0.1) is 29.6 Å². The van der Waals surface area contributed by atoms with Gasteiger partial charge < -0.3 is 4.98 Å². The fourth-order valence-corrected chi connectivity index (χ4v) is 1.68. The molecule has 1 heterocycles. The maximum absolute atomic E-state index is 11.8. The molecule has 18 heavy (non-hydrogen) atoms. The quantitative estimate of drug-likeness (QED) is 0.770. The third-order valence-corrected chi connectivity index (χ3v) is 2.57. The molecule has 0 saturated heterocycles. The van der Waals surface area contributed by atoms with Crippen LogP contribution < -0.4 is 5.56 Å². The van der Waals surface area contributed by atoms with E-state index < -0.39 is 0 Å². The maximum Gasteiger partial charge on any atom is 0.255 e. The van der Waals surface area contributed by atoms with Crippen LogP contribution in [-0.4, -0.2) is 4.98 Å². The van der Waals surface area contributed by atoms with Gasteiger partial charge in [-0.25, -0.2) is 0 Å². The van der Waals surface area contributed by atoms with E-state index in [1.165, 1.54) is 6.08 Å². The van der Waals surface area contributed by atoms with Gasteiger partial charge in [-0.1, -0.05) is 12.1 Å². The van der Waals surface area contributed by atoms with Gasteiger partial charge in [-0.15, -0.1) is 0 Å². The molecule has 4 nitrogen and oxygen atoms in total. The lowest BCUT2D eigenvalue weighted by molar-refractivity contribution is 1.28. The number of rotatable bonds is 1. The summed E-state index contributed by atoms with van der Waals surface area (Å²) in [5.74, 6) is 0. The zero-order chi connectivity index (χ0) is 13.1. The SMILES string of the molecule is Cc1ccc2cc(C=C(C#N)C#N)c(=O)[nH]c2c1. The Morgan fingerprint density at radius 3 is 2.67 bits per heavy atom. The van der Waals surface area contributed by atoms with Gasteiger partial charge in [0.2, 0.25) is 0 Å². The van der Waals surface area contributed by atoms with Crippen LogP contribution in [0.25, 0.3) is 17.0 Å². The molecule has 2 rings (SSSR count). The molecular formula is C14H9N3O. The maximum atomic E-state index is 11.8. The second-order valence-electron chi connectivity index (χ2n) is 3.93. The van der Waals surface area contributed by atoms with Gasteiger partial charge in [0.1, 0.15) is 17.7 Å². The Hall–Kier alpha value is -2.85. The molecule has 0 aliphatic carbocycles. The average Bonchev–Trinajstić information content (AvgIpc) is 2.36. The van der Waals surface area contributed by atoms with Crippen molar-refractivity contribution < 1.29 is 0 Å². The van der Waals surface area contributed by atoms with Crippen LogP contribution in [0.5, 0.6) is 0 Å². The lowest BCUT2D eigenvalue weighted by Gasteiger charge is -2.01. The van der Waals surface area contributed by atoms with Crippen molar-refractivity contribution in [1.29, 1.82) is 10.5 Å². The van der Waals surface area contributed by atoms with Crippen LogP contribution in [0.15, 0.2) is 34.6 Å². The Bertz CT molecular complexity index is 769. The zero-order valence-corrected chi connectivity index (χ0v) is 9.69. The molecule has 0 fully saturated rings. The number of fused-ring (bicyclic) bond motifs is 1. The van der Waals surface area contributed by atoms with Gasteiger partial charge in [0.05, 0.1) is 0 Å². The van der Waals surface area contributed by atoms with Crippen molar-refractivity contribution in [3.63, 3.8) is 0 Å². The number of hydrogen-bond donors (Lipinski definition) is 1. The number of allylic oxidation sites excluding steroid dienone is 1. The molecular weight excluding hydrogens is 226 g/mol. The van der Waals surface area contributed by atoms with Gasteiger partial charge in [0.25, 0.3) is 5.56 Å². The number of nitrogens with zero attached hydrogens (tertiary/aromatic N) is 2. The van der Waals surface area contributed by atoms with E-state index in [4.69, 9.17) is 10.5 Å². The van der Waals surface area contributed by atoms with Crippen LogP contribution in [0.2, 0.25) is 0 Å². The highest BCUT2D eigenvalue weighted by atomic mass is 16.1. The highest BCUT2D eigenvalue weighted by Crippen LogP contribution is 2.14. The van der Waals surface area contributed by atoms with Crippen molar-refractivity contribution in [2.75, 3.05) is 0 Å². The number of nitrogens with one attached hydrogen (secondary N) is 1. The van der Waals surface area contributed by atoms with E-state index in [0.717, 1.165) is 16.5 Å². The van der Waals surface area contributed by atoms with Crippen LogP contribution in [-0.2, 0) is 0 Å². The summed E-state index contributed by atoms with van der Waals surface area (Å²) in [6.07, 6.45) is 1.29. The largest absolute Gasteiger partial charge is 0.321 e. The van der Waals surface area contributed by atoms with Gasteiger partial charge in [0, 0.05) is 11.1 Å². The average molecular weight is 235 g/mol. The summed E-state index contributed by atoms with van der Waals surface area (Å²) in [4.78, 5) is 14.5. The second kappa shape index (κ2) is 4.57. The molecule has 0 bridgehead atoms. The number of hydrogen-bond acceptors (Lipinski definition) is 3. The standard InChI is InChI=1S/C14H9N3O/c1-9-2-3-11-6-12(5-10(7-15)8-16)14(18)17-13(11)4-9/h2-6H,1H3,(H,17,18). The first-order valence-electron chi connectivity index (χ1n) is 5.29. The highest BCUT2D eigenvalue weighted by Gasteiger charge is 2.02. The fraction of sp³-hybridized carbons (Fsp3) is 0.0714. The molecule has 0 spiro atoms. The molecule has 0 aliphatic rings. The Morgan fingerprint density at radius 2 is 2.00 bits per heavy atom. The third-order valence-electron chi connectivity index (χ3n) is 2.57. The summed E-state index contributed by atoms with van der Waals surface area (Å²) in [6.45, 7) is 1.94. The normalized spacial score (nSPS) is 9.50. The minimum absolute atomic E-state index is 0.0908. The van der Waals surface area contributed by atoms with Gasteiger partial charge in [0.15, 0.2) is 0 Å². The van der Waals surface area contributed by atoms with Crippen LogP contribution in [0.3, 0.4) is 0 Å². The highest BCUT2D eigenvalue weighted by molar-refractivity contribution is 5.81. The Morgan fingerprint density at radius 1 is 1.28 bits per heavy atom. The van der Waals surface area contributed by atoms with Gasteiger partial charge >= 0.3 is 0 Å². The molecule has 1 aromatic carbocycles. The van der Waals surface area contributed by atoms with E-state index in [2.05, 4.69) is 4.98 Å². The Labute approximate surface area is 103 Å². The molecule has 0 unspecified atom stereocenters. The summed E-state index contributed by atoms with van der Waals surface area (Å²) in [7, 11) is 0. The number of aromatic amines is 1. The molecule has 86 valence electrons. The molecule has 0 aliphatic heterocycles. The zero-order valence-electron chi connectivity index (χ0n) is 9.69. The molecule has 1 aromatic heterocycles. The monoisotopic (exact) mass is 235 g/mol. The number of benzene rings is 1. The first kappa shape index (κ1) is 11.6. The smallest absolute Gasteiger partial charge is 0.255 e. The van der Waals surface area contributed by atoms with E-state index in [0.29, 0.717) is 5.56 Å². The lowest BCUT2D eigenvalue weighted by atomic mass is 10.1. The van der Waals surface area contributed by atoms with Crippen molar-refractivity contribution in [1.82, 2.24) is 4.98 Å². The van der Waals surface area contributed by atoms with Gasteiger partial charge in [-0.3, -0.25) is 4.79 Å². The van der Waals surface area contributed by atoms with Crippen molar-refractivity contribution in [2.45, 2.75) is 6.92 Å². The van der Waals surface area contributed by atoms with Gasteiger partial charge in [-0.2, -0.15) is 10.5 Å². The van der Waals surface area contributed by atoms with Crippen LogP contribution >= 0.6 is 0 Å². The fourth-order valence-electron chi connectivity index (χ4n) is 1.68. The van der Waals surface area contributed by atoms with E-state index in [9.17, 15) is 4.79 Å². The van der Waals surface area contributed by atoms with E-state index >= 15 is 0 Å². The number of aromatic nitrogens is 1. The first-order valence-corrected chi connectivity index (χ1v) is 5.29. The van der Waals surface area contributed by atoms with Crippen molar-refractivity contribution in [3.8, 4) is 12.1 Å². The van der Waals surface area contributed by atoms with Crippen LogP contribution in [0.4, 0.5) is 0 Å². The Balaban J connectivity index is 2.69. The molecule has 0 saturated carbocycles. The minimum atomic E-state index is -0.309. The van der Waals surface area contributed by atoms with Crippen molar-refractivity contribution >= 4 is 17.0 Å². The third kappa shape index (κ3) is 2.14. The summed E-state index contributed by atoms with van der Waals surface area (Å²) < 4.78 is 0. The van der Waals surface area contributed by atoms with Crippen molar-refractivity contribution in [2.24, 2.45) is 0 Å². The molecule has 2 aromatic rings. The Kier molecular flexibility index (Phi) is 2.95. The number of aryl methyl sites for hydroxylation is 1. The predicted molar refractivity (Wildman–Crippen MR) is 68.5 cm³/mol. The van der Waals surface area contributed by atoms with Gasteiger partial charge in [-0.05, 0) is 36.1 Å². The number of pyridine rings is 1. The summed E-state index contributed by atoms with van der Waals surface area (Å²) in [6, 6.07) is 10.8. The van der Waals surface area contributed by atoms with Crippen molar-refractivity contribution in [3.05, 3.63) is 51.3 Å². The van der Waals surface area contributed by atoms with E-state index in [-0.39, 0.29) is 11.1 Å². The van der Waals surface area contributed by atoms with Crippen LogP contribution in [0.1, 0.15) is 11.1 Å². The molecule has 0 amide bonds. The van der Waals surface area contributed by atoms with E-state index in [1.807, 2.05) is 25.1 Å². The number of H-pyrrole nitrogens is 1. The summed E-state index contributed by atoms with van der Waals surface area (Å²) >= 11 is 0. The summed E-state index contributed by atoms with van der Waals surface area (Å²) in [5.41, 5.74) is 1.70. The lowest BCUT2D eigenvalue weighted by Crippen LogP contribution is -2.09. The van der Waals surface area contributed by atoms with E-state index in [1.54, 1.807) is 18.2 Å². The molecule has 4 heteroatoms.